The van der Waals surface area contributed by atoms with Crippen molar-refractivity contribution < 1.29 is 0 Å². The zero-order valence-electron chi connectivity index (χ0n) is 8.68. The van der Waals surface area contributed by atoms with Gasteiger partial charge >= 0.3 is 0 Å². The summed E-state index contributed by atoms with van der Waals surface area (Å²) in [5, 5.41) is 7.02. The van der Waals surface area contributed by atoms with Gasteiger partial charge in [0, 0.05) is 6.04 Å². The monoisotopic (exact) mass is 182 g/mol. The Balaban J connectivity index is 1.90. The van der Waals surface area contributed by atoms with E-state index in [-0.39, 0.29) is 0 Å². The van der Waals surface area contributed by atoms with Crippen molar-refractivity contribution in [2.75, 3.05) is 20.1 Å². The first-order valence-electron chi connectivity index (χ1n) is 5.80. The Kier molecular flexibility index (Phi) is 3.23. The molecule has 1 heterocycles. The molecule has 0 spiro atoms. The summed E-state index contributed by atoms with van der Waals surface area (Å²) >= 11 is 0. The van der Waals surface area contributed by atoms with Gasteiger partial charge in [-0.05, 0) is 51.2 Å². The van der Waals surface area contributed by atoms with E-state index in [0.29, 0.717) is 0 Å². The van der Waals surface area contributed by atoms with Gasteiger partial charge in [-0.25, -0.2) is 0 Å². The average molecular weight is 182 g/mol. The minimum absolute atomic E-state index is 0.789. The highest BCUT2D eigenvalue weighted by molar-refractivity contribution is 4.88. The molecule has 2 nitrogen and oxygen atoms in total. The molecule has 2 atom stereocenters. The number of rotatable bonds is 3. The van der Waals surface area contributed by atoms with Gasteiger partial charge in [0.1, 0.15) is 0 Å². The van der Waals surface area contributed by atoms with E-state index in [1.54, 1.807) is 0 Å². The Bertz CT molecular complexity index is 130. The summed E-state index contributed by atoms with van der Waals surface area (Å²) in [6, 6.07) is 0.789. The molecule has 0 radical (unpaired) electrons. The third-order valence-electron chi connectivity index (χ3n) is 3.85. The van der Waals surface area contributed by atoms with Gasteiger partial charge in [-0.1, -0.05) is 12.8 Å². The van der Waals surface area contributed by atoms with E-state index < -0.39 is 0 Å². The fourth-order valence-corrected chi connectivity index (χ4v) is 3.16. The maximum atomic E-state index is 3.55. The Labute approximate surface area is 81.5 Å². The Morgan fingerprint density at radius 2 is 1.92 bits per heavy atom. The van der Waals surface area contributed by atoms with E-state index in [1.807, 2.05) is 0 Å². The predicted octanol–water partition coefficient (Wildman–Crippen LogP) is 1.37. The first-order chi connectivity index (χ1) is 6.42. The van der Waals surface area contributed by atoms with Crippen molar-refractivity contribution in [1.29, 1.82) is 0 Å². The van der Waals surface area contributed by atoms with E-state index in [0.717, 1.165) is 17.9 Å². The fourth-order valence-electron chi connectivity index (χ4n) is 3.16. The van der Waals surface area contributed by atoms with Crippen LogP contribution in [0.1, 0.15) is 32.1 Å². The smallest absolute Gasteiger partial charge is 0.0133 e. The van der Waals surface area contributed by atoms with Crippen LogP contribution in [-0.4, -0.2) is 26.2 Å². The van der Waals surface area contributed by atoms with Crippen LogP contribution in [0.5, 0.6) is 0 Å². The lowest BCUT2D eigenvalue weighted by atomic mass is 9.86. The fraction of sp³-hybridized carbons (Fsp3) is 1.00. The second-order valence-electron chi connectivity index (χ2n) is 4.61. The Morgan fingerprint density at radius 3 is 2.46 bits per heavy atom. The summed E-state index contributed by atoms with van der Waals surface area (Å²) in [5.74, 6) is 1.86. The zero-order valence-corrected chi connectivity index (χ0v) is 8.68. The highest BCUT2D eigenvalue weighted by Crippen LogP contribution is 2.32. The van der Waals surface area contributed by atoms with E-state index in [4.69, 9.17) is 0 Å². The molecular formula is C11H22N2. The minimum Gasteiger partial charge on any atom is -0.316 e. The zero-order chi connectivity index (χ0) is 9.10. The molecular weight excluding hydrogens is 160 g/mol. The molecule has 13 heavy (non-hydrogen) atoms. The molecule has 2 rings (SSSR count). The topological polar surface area (TPSA) is 24.1 Å². The lowest BCUT2D eigenvalue weighted by molar-refractivity contribution is 0.286. The van der Waals surface area contributed by atoms with Crippen LogP contribution < -0.4 is 10.6 Å². The molecule has 1 saturated carbocycles. The highest BCUT2D eigenvalue weighted by atomic mass is 15.0. The summed E-state index contributed by atoms with van der Waals surface area (Å²) in [5.41, 5.74) is 0. The lowest BCUT2D eigenvalue weighted by Gasteiger charge is -2.28. The third-order valence-corrected chi connectivity index (χ3v) is 3.85. The van der Waals surface area contributed by atoms with Gasteiger partial charge in [0.25, 0.3) is 0 Å². The molecule has 0 aromatic carbocycles. The molecule has 0 amide bonds. The minimum atomic E-state index is 0.789. The van der Waals surface area contributed by atoms with Crippen molar-refractivity contribution in [2.24, 2.45) is 11.8 Å². The highest BCUT2D eigenvalue weighted by Gasteiger charge is 2.31. The second kappa shape index (κ2) is 4.43. The van der Waals surface area contributed by atoms with E-state index >= 15 is 0 Å². The van der Waals surface area contributed by atoms with Gasteiger partial charge in [0.2, 0.25) is 0 Å². The van der Waals surface area contributed by atoms with Crippen LogP contribution in [0.2, 0.25) is 0 Å². The van der Waals surface area contributed by atoms with Gasteiger partial charge < -0.3 is 10.6 Å². The molecule has 76 valence electrons. The summed E-state index contributed by atoms with van der Waals surface area (Å²) in [6.07, 6.45) is 7.22. The standard InChI is InChI=1S/C11H22N2/c1-12-11(9-4-2-3-5-9)10-6-7-13-8-10/h9-13H,2-8H2,1H3. The molecule has 0 aromatic rings. The summed E-state index contributed by atoms with van der Waals surface area (Å²) < 4.78 is 0. The largest absolute Gasteiger partial charge is 0.316 e. The maximum Gasteiger partial charge on any atom is 0.0133 e. The molecule has 2 fully saturated rings. The van der Waals surface area contributed by atoms with Gasteiger partial charge in [0.05, 0.1) is 0 Å². The van der Waals surface area contributed by atoms with Gasteiger partial charge in [-0.2, -0.15) is 0 Å². The number of hydrogen-bond donors (Lipinski definition) is 2. The van der Waals surface area contributed by atoms with Crippen molar-refractivity contribution in [3.63, 3.8) is 0 Å². The average Bonchev–Trinajstić information content (AvgIpc) is 2.76. The molecule has 2 unspecified atom stereocenters. The Morgan fingerprint density at radius 1 is 1.15 bits per heavy atom. The molecule has 2 heteroatoms. The first-order valence-corrected chi connectivity index (χ1v) is 5.80. The maximum absolute atomic E-state index is 3.55. The molecule has 2 N–H and O–H groups in total. The predicted molar refractivity (Wildman–Crippen MR) is 55.8 cm³/mol. The quantitative estimate of drug-likeness (QED) is 0.689. The van der Waals surface area contributed by atoms with Gasteiger partial charge in [0.15, 0.2) is 0 Å². The van der Waals surface area contributed by atoms with Crippen molar-refractivity contribution in [1.82, 2.24) is 10.6 Å². The van der Waals surface area contributed by atoms with Crippen LogP contribution in [0.15, 0.2) is 0 Å². The van der Waals surface area contributed by atoms with Crippen LogP contribution >= 0.6 is 0 Å². The molecule has 0 bridgehead atoms. The van der Waals surface area contributed by atoms with E-state index in [1.165, 1.54) is 45.2 Å². The molecule has 1 aliphatic heterocycles. The van der Waals surface area contributed by atoms with Crippen LogP contribution in [0.25, 0.3) is 0 Å². The SMILES string of the molecule is CNC(C1CCCC1)C1CCNC1. The van der Waals surface area contributed by atoms with Crippen LogP contribution in [0.3, 0.4) is 0 Å². The molecule has 0 aromatic heterocycles. The number of nitrogens with one attached hydrogen (secondary N) is 2. The molecule has 2 aliphatic rings. The molecule has 1 saturated heterocycles. The van der Waals surface area contributed by atoms with Crippen molar-refractivity contribution >= 4 is 0 Å². The van der Waals surface area contributed by atoms with E-state index in [9.17, 15) is 0 Å². The van der Waals surface area contributed by atoms with Gasteiger partial charge in [-0.15, -0.1) is 0 Å². The summed E-state index contributed by atoms with van der Waals surface area (Å²) in [6.45, 7) is 2.47. The normalized spacial score (nSPS) is 32.5. The van der Waals surface area contributed by atoms with Crippen LogP contribution in [0, 0.1) is 11.8 Å². The van der Waals surface area contributed by atoms with Crippen molar-refractivity contribution in [3.05, 3.63) is 0 Å². The first kappa shape index (κ1) is 9.47. The Hall–Kier alpha value is -0.0800. The number of hydrogen-bond acceptors (Lipinski definition) is 2. The van der Waals surface area contributed by atoms with Crippen molar-refractivity contribution in [3.8, 4) is 0 Å². The lowest BCUT2D eigenvalue weighted by Crippen LogP contribution is -2.40. The second-order valence-corrected chi connectivity index (χ2v) is 4.61. The third kappa shape index (κ3) is 2.05. The molecule has 1 aliphatic carbocycles. The summed E-state index contributed by atoms with van der Waals surface area (Å²) in [7, 11) is 2.14. The van der Waals surface area contributed by atoms with E-state index in [2.05, 4.69) is 17.7 Å². The van der Waals surface area contributed by atoms with Crippen LogP contribution in [-0.2, 0) is 0 Å². The van der Waals surface area contributed by atoms with Gasteiger partial charge in [-0.3, -0.25) is 0 Å². The summed E-state index contributed by atoms with van der Waals surface area (Å²) in [4.78, 5) is 0. The van der Waals surface area contributed by atoms with Crippen LogP contribution in [0.4, 0.5) is 0 Å². The van der Waals surface area contributed by atoms with Crippen molar-refractivity contribution in [2.45, 2.75) is 38.1 Å².